The lowest BCUT2D eigenvalue weighted by atomic mass is 10.0. The van der Waals surface area contributed by atoms with Crippen LogP contribution in [0.15, 0.2) is 36.4 Å². The van der Waals surface area contributed by atoms with Crippen LogP contribution >= 0.6 is 0 Å². The largest absolute Gasteiger partial charge is 0.497 e. The van der Waals surface area contributed by atoms with Crippen molar-refractivity contribution in [3.8, 4) is 28.9 Å². The number of benzene rings is 2. The number of alkyl halides is 3. The number of halogens is 3. The fourth-order valence-electron chi connectivity index (χ4n) is 3.53. The first-order valence-electron chi connectivity index (χ1n) is 9.88. The maximum atomic E-state index is 14.1. The second-order valence-electron chi connectivity index (χ2n) is 7.02. The Hall–Kier alpha value is -3.56. The van der Waals surface area contributed by atoms with Gasteiger partial charge in [-0.05, 0) is 18.2 Å². The lowest BCUT2D eigenvalue weighted by molar-refractivity contribution is -0.139. The number of methoxy groups -OCH3 is 5. The Balaban J connectivity index is 2.13. The fraction of sp³-hybridized carbons (Fsp3) is 0.348. The highest BCUT2D eigenvalue weighted by molar-refractivity contribution is 5.46. The van der Waals surface area contributed by atoms with E-state index in [2.05, 4.69) is 5.10 Å². The van der Waals surface area contributed by atoms with Gasteiger partial charge < -0.3 is 23.7 Å². The Morgan fingerprint density at radius 1 is 0.758 bits per heavy atom. The van der Waals surface area contributed by atoms with Crippen molar-refractivity contribution in [1.82, 2.24) is 9.78 Å². The van der Waals surface area contributed by atoms with Crippen molar-refractivity contribution >= 4 is 0 Å². The Kier molecular flexibility index (Phi) is 7.25. The molecule has 178 valence electrons. The summed E-state index contributed by atoms with van der Waals surface area (Å²) >= 11 is 0. The summed E-state index contributed by atoms with van der Waals surface area (Å²) in [4.78, 5) is 0. The van der Waals surface area contributed by atoms with Crippen LogP contribution in [-0.4, -0.2) is 45.3 Å². The SMILES string of the molecule is COc1ccc(Cc2c(C(F)(F)F)c(OC)nn2Cc2ccc(OC)cc2OC)c(OC)c1. The Bertz CT molecular complexity index is 1110. The van der Waals surface area contributed by atoms with Gasteiger partial charge in [0.25, 0.3) is 0 Å². The maximum Gasteiger partial charge on any atom is 0.423 e. The molecule has 7 nitrogen and oxygen atoms in total. The predicted octanol–water partition coefficient (Wildman–Crippen LogP) is 4.58. The number of aromatic nitrogens is 2. The molecule has 0 aliphatic carbocycles. The molecule has 0 atom stereocenters. The zero-order chi connectivity index (χ0) is 24.2. The van der Waals surface area contributed by atoms with Crippen molar-refractivity contribution in [1.29, 1.82) is 0 Å². The molecule has 3 aromatic rings. The van der Waals surface area contributed by atoms with Crippen LogP contribution in [0.1, 0.15) is 22.4 Å². The normalized spacial score (nSPS) is 11.3. The van der Waals surface area contributed by atoms with Crippen LogP contribution in [0.4, 0.5) is 13.2 Å². The summed E-state index contributed by atoms with van der Waals surface area (Å²) in [6.07, 6.45) is -4.78. The van der Waals surface area contributed by atoms with Gasteiger partial charge in [0.1, 0.15) is 28.6 Å². The second-order valence-corrected chi connectivity index (χ2v) is 7.02. The summed E-state index contributed by atoms with van der Waals surface area (Å²) in [7, 11) is 7.10. The van der Waals surface area contributed by atoms with E-state index in [0.717, 1.165) is 7.11 Å². The molecule has 0 spiro atoms. The highest BCUT2D eigenvalue weighted by atomic mass is 19.4. The third-order valence-corrected chi connectivity index (χ3v) is 5.17. The molecule has 10 heteroatoms. The van der Waals surface area contributed by atoms with Crippen LogP contribution in [-0.2, 0) is 19.1 Å². The minimum absolute atomic E-state index is 0.0212. The third-order valence-electron chi connectivity index (χ3n) is 5.17. The number of nitrogens with zero attached hydrogens (tertiary/aromatic N) is 2. The maximum absolute atomic E-state index is 14.1. The van der Waals surface area contributed by atoms with Crippen LogP contribution in [0.5, 0.6) is 28.9 Å². The molecule has 2 aromatic carbocycles. The average molecular weight is 466 g/mol. The summed E-state index contributed by atoms with van der Waals surface area (Å²) in [5.74, 6) is 1.45. The van der Waals surface area contributed by atoms with Crippen molar-refractivity contribution in [3.05, 3.63) is 58.8 Å². The molecule has 1 aromatic heterocycles. The monoisotopic (exact) mass is 466 g/mol. The van der Waals surface area contributed by atoms with Crippen molar-refractivity contribution in [2.75, 3.05) is 35.5 Å². The number of rotatable bonds is 9. The van der Waals surface area contributed by atoms with E-state index in [1.165, 1.54) is 33.1 Å². The van der Waals surface area contributed by atoms with Gasteiger partial charge in [0.05, 0.1) is 47.8 Å². The second kappa shape index (κ2) is 9.93. The summed E-state index contributed by atoms with van der Waals surface area (Å²) in [5.41, 5.74) is 0.158. The van der Waals surface area contributed by atoms with Gasteiger partial charge in [-0.25, -0.2) is 0 Å². The molecule has 0 aliphatic heterocycles. The van der Waals surface area contributed by atoms with E-state index >= 15 is 0 Å². The first kappa shape index (κ1) is 24.1. The standard InChI is InChI=1S/C23H25F3N2O5/c1-29-16-8-6-14(19(11-16)31-3)10-18-21(23(24,25)26)22(33-5)27-28(18)13-15-7-9-17(30-2)12-20(15)32-4/h6-9,11-12H,10,13H2,1-5H3. The Morgan fingerprint density at radius 3 is 1.79 bits per heavy atom. The van der Waals surface area contributed by atoms with Gasteiger partial charge in [0.2, 0.25) is 5.88 Å². The highest BCUT2D eigenvalue weighted by Gasteiger charge is 2.41. The van der Waals surface area contributed by atoms with Gasteiger partial charge in [-0.1, -0.05) is 6.07 Å². The summed E-state index contributed by atoms with van der Waals surface area (Å²) in [6.45, 7) is 0.0212. The van der Waals surface area contributed by atoms with Crippen molar-refractivity contribution in [2.45, 2.75) is 19.1 Å². The number of hydrogen-bond donors (Lipinski definition) is 0. The first-order valence-corrected chi connectivity index (χ1v) is 9.88. The summed E-state index contributed by atoms with van der Waals surface area (Å²) in [5, 5.41) is 4.12. The van der Waals surface area contributed by atoms with Gasteiger partial charge in [-0.3, -0.25) is 4.68 Å². The molecular formula is C23H25F3N2O5. The summed E-state index contributed by atoms with van der Waals surface area (Å²) < 4.78 is 69.7. The van der Waals surface area contributed by atoms with Gasteiger partial charge >= 0.3 is 6.18 Å². The van der Waals surface area contributed by atoms with E-state index in [0.29, 0.717) is 34.1 Å². The van der Waals surface area contributed by atoms with Gasteiger partial charge in [0.15, 0.2) is 0 Å². The Morgan fingerprint density at radius 2 is 1.30 bits per heavy atom. The number of ether oxygens (including phenoxy) is 5. The van der Waals surface area contributed by atoms with E-state index in [-0.39, 0.29) is 18.7 Å². The molecule has 1 heterocycles. The zero-order valence-corrected chi connectivity index (χ0v) is 18.9. The predicted molar refractivity (Wildman–Crippen MR) is 115 cm³/mol. The van der Waals surface area contributed by atoms with Crippen LogP contribution in [0.25, 0.3) is 0 Å². The molecule has 0 aliphatic rings. The quantitative estimate of drug-likeness (QED) is 0.460. The lowest BCUT2D eigenvalue weighted by Crippen LogP contribution is -2.14. The molecule has 0 saturated carbocycles. The smallest absolute Gasteiger partial charge is 0.423 e. The van der Waals surface area contributed by atoms with E-state index in [4.69, 9.17) is 23.7 Å². The van der Waals surface area contributed by atoms with Crippen LogP contribution in [0.3, 0.4) is 0 Å². The topological polar surface area (TPSA) is 64.0 Å². The van der Waals surface area contributed by atoms with Crippen molar-refractivity contribution in [2.24, 2.45) is 0 Å². The average Bonchev–Trinajstić information content (AvgIpc) is 3.16. The first-order chi connectivity index (χ1) is 15.7. The number of hydrogen-bond acceptors (Lipinski definition) is 6. The minimum Gasteiger partial charge on any atom is -0.497 e. The third kappa shape index (κ3) is 5.10. The van der Waals surface area contributed by atoms with Crippen LogP contribution in [0.2, 0.25) is 0 Å². The van der Waals surface area contributed by atoms with E-state index in [9.17, 15) is 13.2 Å². The summed E-state index contributed by atoms with van der Waals surface area (Å²) in [6, 6.07) is 10.0. The molecule has 0 fully saturated rings. The zero-order valence-electron chi connectivity index (χ0n) is 18.9. The van der Waals surface area contributed by atoms with Crippen molar-refractivity contribution in [3.63, 3.8) is 0 Å². The van der Waals surface area contributed by atoms with Gasteiger partial charge in [-0.2, -0.15) is 13.2 Å². The van der Waals surface area contributed by atoms with E-state index in [1.54, 1.807) is 36.4 Å². The Labute approximate surface area is 189 Å². The van der Waals surface area contributed by atoms with Crippen LogP contribution in [0, 0.1) is 0 Å². The highest BCUT2D eigenvalue weighted by Crippen LogP contribution is 2.41. The molecule has 3 rings (SSSR count). The molecule has 0 saturated heterocycles. The molecular weight excluding hydrogens is 441 g/mol. The minimum atomic E-state index is -4.68. The fourth-order valence-corrected chi connectivity index (χ4v) is 3.53. The van der Waals surface area contributed by atoms with Crippen LogP contribution < -0.4 is 23.7 Å². The molecule has 0 N–H and O–H groups in total. The molecule has 0 amide bonds. The molecule has 0 bridgehead atoms. The van der Waals surface area contributed by atoms with E-state index < -0.39 is 17.6 Å². The van der Waals surface area contributed by atoms with Gasteiger partial charge in [0, 0.05) is 29.7 Å². The van der Waals surface area contributed by atoms with Gasteiger partial charge in [-0.15, -0.1) is 5.10 Å². The van der Waals surface area contributed by atoms with Crippen molar-refractivity contribution < 1.29 is 36.9 Å². The van der Waals surface area contributed by atoms with E-state index in [1.807, 2.05) is 0 Å². The molecule has 0 radical (unpaired) electrons. The lowest BCUT2D eigenvalue weighted by Gasteiger charge is -2.16. The molecule has 0 unspecified atom stereocenters. The molecule has 33 heavy (non-hydrogen) atoms.